The summed E-state index contributed by atoms with van der Waals surface area (Å²) in [5, 5.41) is 1.21. The van der Waals surface area contributed by atoms with Crippen molar-refractivity contribution in [3.05, 3.63) is 36.0 Å². The van der Waals surface area contributed by atoms with Gasteiger partial charge in [0, 0.05) is 17.3 Å². The van der Waals surface area contributed by atoms with Crippen LogP contribution in [-0.2, 0) is 0 Å². The number of hydrogen-bond donors (Lipinski definition) is 1. The van der Waals surface area contributed by atoms with E-state index < -0.39 is 0 Å². The van der Waals surface area contributed by atoms with Crippen LogP contribution < -0.4 is 0 Å². The number of nitrogens with zero attached hydrogens (tertiary/aromatic N) is 2. The zero-order valence-electron chi connectivity index (χ0n) is 7.27. The maximum absolute atomic E-state index is 4.19. The predicted molar refractivity (Wildman–Crippen MR) is 57.2 cm³/mol. The molecule has 3 nitrogen and oxygen atoms in total. The minimum Gasteiger partial charge on any atom is -0.361 e. The summed E-state index contributed by atoms with van der Waals surface area (Å²) in [6.07, 6.45) is 1.93. The summed E-state index contributed by atoms with van der Waals surface area (Å²) in [6.45, 7) is 0. The Labute approximate surface area is 84.6 Å². The van der Waals surface area contributed by atoms with Gasteiger partial charge in [-0.05, 0) is 29.1 Å². The van der Waals surface area contributed by atoms with Gasteiger partial charge in [-0.1, -0.05) is 12.1 Å². The predicted octanol–water partition coefficient (Wildman–Crippen LogP) is 2.69. The fraction of sp³-hybridized carbons (Fsp3) is 0. The molecular formula is C10H7N3S. The topological polar surface area (TPSA) is 41.6 Å². The molecule has 0 atom stereocenters. The van der Waals surface area contributed by atoms with Gasteiger partial charge in [-0.15, -0.1) is 0 Å². The molecule has 1 N–H and O–H groups in total. The van der Waals surface area contributed by atoms with E-state index in [1.54, 1.807) is 5.51 Å². The van der Waals surface area contributed by atoms with Gasteiger partial charge in [0.1, 0.15) is 5.51 Å². The largest absolute Gasteiger partial charge is 0.361 e. The third kappa shape index (κ3) is 1.12. The first-order valence-electron chi connectivity index (χ1n) is 4.27. The normalized spacial score (nSPS) is 10.9. The quantitative estimate of drug-likeness (QED) is 0.657. The standard InChI is InChI=1S/C10H7N3S/c1-2-8(10-12-6-14-13-10)5-9-7(1)3-4-11-9/h1-6,11H. The van der Waals surface area contributed by atoms with Crippen molar-refractivity contribution in [2.24, 2.45) is 0 Å². The van der Waals surface area contributed by atoms with Gasteiger partial charge in [0.05, 0.1) is 0 Å². The Bertz CT molecular complexity index is 554. The molecule has 0 bridgehead atoms. The molecule has 0 unspecified atom stereocenters. The second-order valence-electron chi connectivity index (χ2n) is 3.03. The molecule has 0 amide bonds. The zero-order chi connectivity index (χ0) is 9.38. The van der Waals surface area contributed by atoms with Gasteiger partial charge in [-0.3, -0.25) is 0 Å². The summed E-state index contributed by atoms with van der Waals surface area (Å²) in [7, 11) is 0. The number of aromatic amines is 1. The van der Waals surface area contributed by atoms with Crippen LogP contribution in [0.15, 0.2) is 36.0 Å². The van der Waals surface area contributed by atoms with Crippen molar-refractivity contribution in [1.82, 2.24) is 14.3 Å². The Balaban J connectivity index is 2.23. The fourth-order valence-corrected chi connectivity index (χ4v) is 1.93. The Morgan fingerprint density at radius 1 is 1.21 bits per heavy atom. The highest BCUT2D eigenvalue weighted by Crippen LogP contribution is 2.21. The van der Waals surface area contributed by atoms with E-state index in [-0.39, 0.29) is 0 Å². The van der Waals surface area contributed by atoms with Crippen molar-refractivity contribution in [3.63, 3.8) is 0 Å². The molecule has 0 saturated heterocycles. The minimum absolute atomic E-state index is 0.798. The molecule has 14 heavy (non-hydrogen) atoms. The van der Waals surface area contributed by atoms with E-state index in [0.717, 1.165) is 16.9 Å². The number of aromatic nitrogens is 3. The van der Waals surface area contributed by atoms with Gasteiger partial charge in [-0.25, -0.2) is 4.98 Å². The maximum Gasteiger partial charge on any atom is 0.172 e. The number of benzene rings is 1. The van der Waals surface area contributed by atoms with Gasteiger partial charge >= 0.3 is 0 Å². The maximum atomic E-state index is 4.19. The molecule has 0 aliphatic rings. The first kappa shape index (κ1) is 7.70. The van der Waals surface area contributed by atoms with E-state index in [1.807, 2.05) is 18.3 Å². The Kier molecular flexibility index (Phi) is 1.61. The highest BCUT2D eigenvalue weighted by Gasteiger charge is 2.02. The van der Waals surface area contributed by atoms with Crippen LogP contribution >= 0.6 is 11.5 Å². The fourth-order valence-electron chi connectivity index (χ4n) is 1.48. The van der Waals surface area contributed by atoms with Crippen LogP contribution in [0.3, 0.4) is 0 Å². The van der Waals surface area contributed by atoms with E-state index >= 15 is 0 Å². The van der Waals surface area contributed by atoms with Crippen molar-refractivity contribution in [1.29, 1.82) is 0 Å². The minimum atomic E-state index is 0.798. The number of rotatable bonds is 1. The highest BCUT2D eigenvalue weighted by molar-refractivity contribution is 7.03. The Hall–Kier alpha value is -1.68. The van der Waals surface area contributed by atoms with Gasteiger partial charge < -0.3 is 4.98 Å². The van der Waals surface area contributed by atoms with Crippen LogP contribution in [-0.4, -0.2) is 14.3 Å². The van der Waals surface area contributed by atoms with Crippen molar-refractivity contribution in [2.75, 3.05) is 0 Å². The second kappa shape index (κ2) is 2.92. The number of fused-ring (bicyclic) bond motifs is 1. The van der Waals surface area contributed by atoms with Crippen molar-refractivity contribution < 1.29 is 0 Å². The SMILES string of the molecule is c1cc2ccc(-c3ncsn3)cc2[nH]1. The molecule has 0 aliphatic carbocycles. The summed E-state index contributed by atoms with van der Waals surface area (Å²) in [4.78, 5) is 7.34. The van der Waals surface area contributed by atoms with Crippen molar-refractivity contribution in [3.8, 4) is 11.4 Å². The second-order valence-corrected chi connectivity index (χ2v) is 3.64. The molecule has 2 heterocycles. The number of H-pyrrole nitrogens is 1. The molecule has 0 saturated carbocycles. The van der Waals surface area contributed by atoms with Crippen molar-refractivity contribution >= 4 is 22.4 Å². The lowest BCUT2D eigenvalue weighted by molar-refractivity contribution is 1.33. The summed E-state index contributed by atoms with van der Waals surface area (Å²) in [6, 6.07) is 8.23. The summed E-state index contributed by atoms with van der Waals surface area (Å²) < 4.78 is 4.19. The Morgan fingerprint density at radius 2 is 2.21 bits per heavy atom. The van der Waals surface area contributed by atoms with Crippen LogP contribution in [0.25, 0.3) is 22.3 Å². The molecule has 4 heteroatoms. The van der Waals surface area contributed by atoms with Crippen LogP contribution in [0.5, 0.6) is 0 Å². The van der Waals surface area contributed by atoms with Crippen LogP contribution in [0.1, 0.15) is 0 Å². The molecule has 3 rings (SSSR count). The van der Waals surface area contributed by atoms with Crippen LogP contribution in [0.2, 0.25) is 0 Å². The molecule has 0 spiro atoms. The van der Waals surface area contributed by atoms with E-state index in [2.05, 4.69) is 26.5 Å². The van der Waals surface area contributed by atoms with Crippen molar-refractivity contribution in [2.45, 2.75) is 0 Å². The zero-order valence-corrected chi connectivity index (χ0v) is 8.08. The lowest BCUT2D eigenvalue weighted by Gasteiger charge is -1.95. The molecular weight excluding hydrogens is 194 g/mol. The molecule has 1 aromatic carbocycles. The first-order valence-corrected chi connectivity index (χ1v) is 5.11. The van der Waals surface area contributed by atoms with E-state index in [9.17, 15) is 0 Å². The van der Waals surface area contributed by atoms with Gasteiger partial charge in [0.2, 0.25) is 0 Å². The van der Waals surface area contributed by atoms with E-state index in [0.29, 0.717) is 0 Å². The average molecular weight is 201 g/mol. The van der Waals surface area contributed by atoms with E-state index in [4.69, 9.17) is 0 Å². The third-order valence-electron chi connectivity index (χ3n) is 2.17. The monoisotopic (exact) mass is 201 g/mol. The molecule has 0 fully saturated rings. The Morgan fingerprint density at radius 3 is 3.07 bits per heavy atom. The lowest BCUT2D eigenvalue weighted by Crippen LogP contribution is -1.79. The van der Waals surface area contributed by atoms with Gasteiger partial charge in [0.15, 0.2) is 5.82 Å². The molecule has 0 radical (unpaired) electrons. The van der Waals surface area contributed by atoms with Gasteiger partial charge in [0.25, 0.3) is 0 Å². The first-order chi connectivity index (χ1) is 6.93. The third-order valence-corrected chi connectivity index (χ3v) is 2.65. The van der Waals surface area contributed by atoms with E-state index in [1.165, 1.54) is 16.9 Å². The summed E-state index contributed by atoms with van der Waals surface area (Å²) in [5.74, 6) is 0.798. The lowest BCUT2D eigenvalue weighted by atomic mass is 10.1. The summed E-state index contributed by atoms with van der Waals surface area (Å²) in [5.41, 5.74) is 3.92. The number of nitrogens with one attached hydrogen (secondary N) is 1. The molecule has 2 aromatic heterocycles. The average Bonchev–Trinajstić information content (AvgIpc) is 2.88. The smallest absolute Gasteiger partial charge is 0.172 e. The molecule has 0 aliphatic heterocycles. The molecule has 3 aromatic rings. The number of hydrogen-bond acceptors (Lipinski definition) is 3. The van der Waals surface area contributed by atoms with Crippen LogP contribution in [0.4, 0.5) is 0 Å². The van der Waals surface area contributed by atoms with Crippen LogP contribution in [0, 0.1) is 0 Å². The van der Waals surface area contributed by atoms with Gasteiger partial charge in [-0.2, -0.15) is 4.37 Å². The highest BCUT2D eigenvalue weighted by atomic mass is 32.1. The summed E-state index contributed by atoms with van der Waals surface area (Å²) >= 11 is 1.37. The molecule has 68 valence electrons.